The number of ether oxygens (including phenoxy) is 1. The van der Waals surface area contributed by atoms with Gasteiger partial charge in [-0.25, -0.2) is 9.46 Å². The number of nitrogens with one attached hydrogen (secondary N) is 1. The summed E-state index contributed by atoms with van der Waals surface area (Å²) in [6, 6.07) is 33.5. The molecule has 3 atom stereocenters. The fourth-order valence-corrected chi connectivity index (χ4v) is 8.32. The van der Waals surface area contributed by atoms with Gasteiger partial charge in [0.2, 0.25) is 0 Å². The number of aromatic nitrogens is 2. The third-order valence-corrected chi connectivity index (χ3v) is 10.8. The minimum absolute atomic E-state index is 0.134. The normalized spacial score (nSPS) is 17.8. The first-order valence-electron chi connectivity index (χ1n) is 16.8. The average Bonchev–Trinajstić information content (AvgIpc) is 3.10. The van der Waals surface area contributed by atoms with E-state index in [9.17, 15) is 14.9 Å². The zero-order chi connectivity index (χ0) is 35.0. The number of nitrogens with zero attached hydrogens (tertiary/aromatic N) is 4. The Kier molecular flexibility index (Phi) is 12.3. The van der Waals surface area contributed by atoms with Crippen molar-refractivity contribution in [1.82, 2.24) is 19.1 Å². The lowest BCUT2D eigenvalue weighted by molar-refractivity contribution is -0.149. The van der Waals surface area contributed by atoms with Gasteiger partial charge in [-0.2, -0.15) is 5.26 Å². The Bertz CT molecular complexity index is 1690. The molecule has 0 aliphatic carbocycles. The molecule has 49 heavy (non-hydrogen) atoms. The van der Waals surface area contributed by atoms with E-state index in [1.54, 1.807) is 13.1 Å². The predicted octanol–water partition coefficient (Wildman–Crippen LogP) is 6.33. The van der Waals surface area contributed by atoms with E-state index < -0.39 is 37.6 Å². The first-order chi connectivity index (χ1) is 23.7. The van der Waals surface area contributed by atoms with Crippen molar-refractivity contribution in [3.63, 3.8) is 0 Å². The van der Waals surface area contributed by atoms with Gasteiger partial charge in [-0.05, 0) is 51.3 Å². The molecule has 1 unspecified atom stereocenters. The third kappa shape index (κ3) is 8.11. The van der Waals surface area contributed by atoms with Crippen LogP contribution >= 0.6 is 8.53 Å². The molecule has 1 aromatic heterocycles. The molecule has 5 rings (SSSR count). The van der Waals surface area contributed by atoms with Crippen LogP contribution in [0, 0.1) is 18.3 Å². The standard InChI is InChI=1S/C38H46N5O5P/c1-28(2)43(29(3)4)49(46-23-15-22-39)47-27-34-25-41(26-35(48-34)42-24-30(5)36(44)40-37(42)45)38(31-16-9-6-10-17-31,32-18-11-7-12-19-32)33-20-13-8-14-21-33/h6-14,16-21,24,28-29,34-35H,15,23,25-27H2,1-5H3,(H,40,44,45)/t34-,35+,49?/m0/s1. The van der Waals surface area contributed by atoms with Crippen LogP contribution in [-0.2, 0) is 19.3 Å². The molecule has 0 radical (unpaired) electrons. The van der Waals surface area contributed by atoms with Gasteiger partial charge in [0.15, 0.2) is 6.23 Å². The first kappa shape index (κ1) is 36.3. The summed E-state index contributed by atoms with van der Waals surface area (Å²) in [4.78, 5) is 30.6. The summed E-state index contributed by atoms with van der Waals surface area (Å²) in [5, 5.41) is 9.20. The van der Waals surface area contributed by atoms with Gasteiger partial charge in [-0.1, -0.05) is 91.0 Å². The van der Waals surface area contributed by atoms with Crippen LogP contribution in [0.25, 0.3) is 0 Å². The minimum atomic E-state index is -1.53. The van der Waals surface area contributed by atoms with E-state index in [2.05, 4.69) is 84.7 Å². The number of rotatable bonds is 14. The highest BCUT2D eigenvalue weighted by atomic mass is 31.2. The first-order valence-corrected chi connectivity index (χ1v) is 17.9. The molecule has 0 saturated carbocycles. The Hall–Kier alpha value is -3.94. The quantitative estimate of drug-likeness (QED) is 0.0933. The second-order valence-electron chi connectivity index (χ2n) is 12.7. The largest absolute Gasteiger partial charge is 0.350 e. The number of hydrogen-bond acceptors (Lipinski definition) is 8. The second kappa shape index (κ2) is 16.6. The van der Waals surface area contributed by atoms with Crippen molar-refractivity contribution >= 4 is 8.53 Å². The van der Waals surface area contributed by atoms with Crippen LogP contribution in [0.4, 0.5) is 0 Å². The second-order valence-corrected chi connectivity index (χ2v) is 14.2. The molecule has 4 aromatic rings. The fourth-order valence-electron chi connectivity index (χ4n) is 6.68. The lowest BCUT2D eigenvalue weighted by Gasteiger charge is -2.50. The van der Waals surface area contributed by atoms with Crippen LogP contribution in [0.2, 0.25) is 0 Å². The van der Waals surface area contributed by atoms with Crippen LogP contribution in [-0.4, -0.2) is 63.6 Å². The van der Waals surface area contributed by atoms with Crippen LogP contribution in [0.5, 0.6) is 0 Å². The number of nitriles is 1. The van der Waals surface area contributed by atoms with Crippen molar-refractivity contribution < 1.29 is 13.8 Å². The van der Waals surface area contributed by atoms with Crippen LogP contribution in [0.1, 0.15) is 62.6 Å². The Morgan fingerprint density at radius 3 is 1.92 bits per heavy atom. The maximum Gasteiger partial charge on any atom is 0.330 e. The molecule has 10 nitrogen and oxygen atoms in total. The lowest BCUT2D eigenvalue weighted by Crippen LogP contribution is -2.58. The average molecular weight is 684 g/mol. The maximum absolute atomic E-state index is 13.3. The number of morpholine rings is 1. The van der Waals surface area contributed by atoms with E-state index in [4.69, 9.17) is 13.8 Å². The van der Waals surface area contributed by atoms with E-state index in [-0.39, 0.29) is 31.7 Å². The lowest BCUT2D eigenvalue weighted by atomic mass is 9.75. The van der Waals surface area contributed by atoms with Gasteiger partial charge in [-0.3, -0.25) is 19.2 Å². The molecule has 3 aromatic carbocycles. The molecule has 0 amide bonds. The Morgan fingerprint density at radius 2 is 1.43 bits per heavy atom. The monoisotopic (exact) mass is 683 g/mol. The summed E-state index contributed by atoms with van der Waals surface area (Å²) in [6.45, 7) is 11.3. The van der Waals surface area contributed by atoms with Crippen LogP contribution in [0.3, 0.4) is 0 Å². The van der Waals surface area contributed by atoms with Gasteiger partial charge >= 0.3 is 5.69 Å². The molecule has 1 aliphatic rings. The molecule has 258 valence electrons. The highest BCUT2D eigenvalue weighted by Gasteiger charge is 2.47. The fraction of sp³-hybridized carbons (Fsp3) is 0.395. The summed E-state index contributed by atoms with van der Waals surface area (Å²) in [5.41, 5.74) is 1.85. The Labute approximate surface area is 289 Å². The van der Waals surface area contributed by atoms with Crippen molar-refractivity contribution in [2.45, 2.75) is 71.0 Å². The zero-order valence-corrected chi connectivity index (χ0v) is 29.8. The molecule has 1 saturated heterocycles. The van der Waals surface area contributed by atoms with Gasteiger partial charge in [0.05, 0.1) is 37.3 Å². The molecular weight excluding hydrogens is 637 g/mol. The van der Waals surface area contributed by atoms with Crippen molar-refractivity contribution in [3.05, 3.63) is 140 Å². The highest BCUT2D eigenvalue weighted by Crippen LogP contribution is 2.48. The van der Waals surface area contributed by atoms with Crippen molar-refractivity contribution in [2.75, 3.05) is 26.3 Å². The molecule has 11 heteroatoms. The van der Waals surface area contributed by atoms with Gasteiger partial charge in [-0.15, -0.1) is 0 Å². The number of aryl methyl sites for hydroxylation is 1. The van der Waals surface area contributed by atoms with Gasteiger partial charge in [0, 0.05) is 36.9 Å². The Morgan fingerprint density at radius 1 is 0.898 bits per heavy atom. The summed E-state index contributed by atoms with van der Waals surface area (Å²) in [5.74, 6) is 0. The molecule has 2 heterocycles. The van der Waals surface area contributed by atoms with E-state index in [0.717, 1.165) is 16.7 Å². The van der Waals surface area contributed by atoms with E-state index in [1.807, 2.05) is 54.6 Å². The van der Waals surface area contributed by atoms with Crippen LogP contribution in [0.15, 0.2) is 107 Å². The Balaban J connectivity index is 1.64. The van der Waals surface area contributed by atoms with E-state index in [0.29, 0.717) is 18.7 Å². The SMILES string of the molecule is Cc1cn([C@H]2CN(C(c3ccccc3)(c3ccccc3)c3ccccc3)C[C@@H](COP(OCCC#N)N(C(C)C)C(C)C)O2)c(=O)[nH]c1=O. The summed E-state index contributed by atoms with van der Waals surface area (Å²) in [6.07, 6.45) is 0.571. The minimum Gasteiger partial charge on any atom is -0.350 e. The number of aromatic amines is 1. The molecule has 0 bridgehead atoms. The van der Waals surface area contributed by atoms with Gasteiger partial charge < -0.3 is 13.8 Å². The number of H-pyrrole nitrogens is 1. The number of benzene rings is 3. The highest BCUT2D eigenvalue weighted by molar-refractivity contribution is 7.44. The van der Waals surface area contributed by atoms with Gasteiger partial charge in [0.1, 0.15) is 0 Å². The van der Waals surface area contributed by atoms with E-state index >= 15 is 0 Å². The molecule has 1 aliphatic heterocycles. The van der Waals surface area contributed by atoms with E-state index in [1.165, 1.54) is 4.57 Å². The van der Waals surface area contributed by atoms with Crippen molar-refractivity contribution in [3.8, 4) is 6.07 Å². The smallest absolute Gasteiger partial charge is 0.330 e. The molecule has 1 N–H and O–H groups in total. The van der Waals surface area contributed by atoms with Crippen molar-refractivity contribution in [2.24, 2.45) is 0 Å². The molecule has 0 spiro atoms. The molecular formula is C38H46N5O5P. The zero-order valence-electron chi connectivity index (χ0n) is 28.9. The number of hydrogen-bond donors (Lipinski definition) is 1. The summed E-state index contributed by atoms with van der Waals surface area (Å²) < 4.78 is 23.2. The predicted molar refractivity (Wildman–Crippen MR) is 192 cm³/mol. The van der Waals surface area contributed by atoms with Gasteiger partial charge in [0.25, 0.3) is 14.1 Å². The van der Waals surface area contributed by atoms with Crippen molar-refractivity contribution in [1.29, 1.82) is 5.26 Å². The summed E-state index contributed by atoms with van der Waals surface area (Å²) >= 11 is 0. The summed E-state index contributed by atoms with van der Waals surface area (Å²) in [7, 11) is -1.53. The third-order valence-electron chi connectivity index (χ3n) is 8.69. The van der Waals surface area contributed by atoms with Crippen LogP contribution < -0.4 is 11.2 Å². The maximum atomic E-state index is 13.3. The molecule has 1 fully saturated rings. The topological polar surface area (TPSA) is 113 Å².